The Morgan fingerprint density at radius 3 is 2.28 bits per heavy atom. The molecule has 0 bridgehead atoms. The average Bonchev–Trinajstić information content (AvgIpc) is 3.03. The number of anilines is 1. The number of sulfonamides is 1. The zero-order valence-electron chi connectivity index (χ0n) is 16.3. The maximum absolute atomic E-state index is 12.9. The number of hydrogen-bond donors (Lipinski definition) is 0. The van der Waals surface area contributed by atoms with E-state index in [2.05, 4.69) is 30.9 Å². The molecule has 0 amide bonds. The highest BCUT2D eigenvalue weighted by Crippen LogP contribution is 2.28. The van der Waals surface area contributed by atoms with E-state index in [1.165, 1.54) is 0 Å². The highest BCUT2D eigenvalue weighted by Gasteiger charge is 2.30. The summed E-state index contributed by atoms with van der Waals surface area (Å²) >= 11 is 3.35. The molecule has 9 heteroatoms. The van der Waals surface area contributed by atoms with Crippen LogP contribution in [-0.2, 0) is 10.0 Å². The zero-order valence-corrected chi connectivity index (χ0v) is 18.7. The molecule has 152 valence electrons. The fourth-order valence-electron chi connectivity index (χ4n) is 3.70. The van der Waals surface area contributed by atoms with Gasteiger partial charge in [0.1, 0.15) is 0 Å². The molecule has 0 N–H and O–H groups in total. The number of rotatable bonds is 4. The summed E-state index contributed by atoms with van der Waals surface area (Å²) in [6, 6.07) is 12.5. The van der Waals surface area contributed by atoms with E-state index >= 15 is 0 Å². The van der Waals surface area contributed by atoms with E-state index in [0.29, 0.717) is 31.1 Å². The molecule has 1 aliphatic rings. The smallest absolute Gasteiger partial charge is 0.243 e. The molecule has 1 fully saturated rings. The number of piperazine rings is 1. The molecule has 29 heavy (non-hydrogen) atoms. The van der Waals surface area contributed by atoms with E-state index in [1.807, 2.05) is 36.7 Å². The SMILES string of the molecule is Cc1nn(-c2ccccn2)c(C)c1N1CCN(S(=O)(=O)c2ccc(Br)cc2)CC1. The van der Waals surface area contributed by atoms with Crippen LogP contribution in [0.5, 0.6) is 0 Å². The van der Waals surface area contributed by atoms with E-state index < -0.39 is 10.0 Å². The van der Waals surface area contributed by atoms with Crippen LogP contribution in [0.3, 0.4) is 0 Å². The summed E-state index contributed by atoms with van der Waals surface area (Å²) in [6.07, 6.45) is 1.75. The molecule has 0 aliphatic carbocycles. The van der Waals surface area contributed by atoms with Crippen LogP contribution in [0.4, 0.5) is 5.69 Å². The maximum atomic E-state index is 12.9. The molecular formula is C20H22BrN5O2S. The van der Waals surface area contributed by atoms with Crippen molar-refractivity contribution in [3.8, 4) is 5.82 Å². The number of hydrogen-bond acceptors (Lipinski definition) is 5. The van der Waals surface area contributed by atoms with E-state index in [9.17, 15) is 8.42 Å². The van der Waals surface area contributed by atoms with Crippen LogP contribution in [-0.4, -0.2) is 53.7 Å². The van der Waals surface area contributed by atoms with Crippen molar-refractivity contribution in [3.05, 3.63) is 64.5 Å². The Hall–Kier alpha value is -2.23. The minimum atomic E-state index is -3.49. The van der Waals surface area contributed by atoms with Gasteiger partial charge in [0.15, 0.2) is 5.82 Å². The molecule has 7 nitrogen and oxygen atoms in total. The molecule has 0 saturated carbocycles. The molecule has 4 rings (SSSR count). The topological polar surface area (TPSA) is 71.3 Å². The maximum Gasteiger partial charge on any atom is 0.243 e. The average molecular weight is 476 g/mol. The molecule has 0 radical (unpaired) electrons. The molecule has 0 unspecified atom stereocenters. The van der Waals surface area contributed by atoms with Crippen molar-refractivity contribution in [1.82, 2.24) is 19.1 Å². The van der Waals surface area contributed by atoms with Crippen molar-refractivity contribution in [2.75, 3.05) is 31.1 Å². The largest absolute Gasteiger partial charge is 0.366 e. The predicted molar refractivity (Wildman–Crippen MR) is 116 cm³/mol. The Labute approximate surface area is 179 Å². The molecule has 0 spiro atoms. The molecule has 1 aliphatic heterocycles. The number of nitrogens with zero attached hydrogens (tertiary/aromatic N) is 5. The van der Waals surface area contributed by atoms with Crippen LogP contribution in [0.2, 0.25) is 0 Å². The molecule has 2 aromatic heterocycles. The van der Waals surface area contributed by atoms with Crippen molar-refractivity contribution in [3.63, 3.8) is 0 Å². The van der Waals surface area contributed by atoms with E-state index in [0.717, 1.165) is 27.4 Å². The van der Waals surface area contributed by atoms with E-state index in [1.54, 1.807) is 34.8 Å². The minimum absolute atomic E-state index is 0.324. The first-order valence-electron chi connectivity index (χ1n) is 9.36. The van der Waals surface area contributed by atoms with Gasteiger partial charge in [0.25, 0.3) is 0 Å². The lowest BCUT2D eigenvalue weighted by molar-refractivity contribution is 0.384. The van der Waals surface area contributed by atoms with Crippen LogP contribution >= 0.6 is 15.9 Å². The second-order valence-corrected chi connectivity index (χ2v) is 9.82. The van der Waals surface area contributed by atoms with Gasteiger partial charge in [-0.3, -0.25) is 0 Å². The van der Waals surface area contributed by atoms with E-state index in [-0.39, 0.29) is 0 Å². The lowest BCUT2D eigenvalue weighted by atomic mass is 10.2. The summed E-state index contributed by atoms with van der Waals surface area (Å²) in [4.78, 5) is 6.92. The van der Waals surface area contributed by atoms with Crippen LogP contribution in [0.25, 0.3) is 5.82 Å². The number of halogens is 1. The molecule has 1 aromatic carbocycles. The Morgan fingerprint density at radius 2 is 1.66 bits per heavy atom. The lowest BCUT2D eigenvalue weighted by Gasteiger charge is -2.35. The van der Waals surface area contributed by atoms with Gasteiger partial charge in [-0.2, -0.15) is 9.40 Å². The summed E-state index contributed by atoms with van der Waals surface area (Å²) in [7, 11) is -3.49. The fraction of sp³-hybridized carbons (Fsp3) is 0.300. The van der Waals surface area contributed by atoms with Crippen LogP contribution in [0, 0.1) is 13.8 Å². The standard InChI is InChI=1S/C20H22BrN5O2S/c1-15-20(16(2)26(23-15)19-5-3-4-10-22-19)24-11-13-25(14-12-24)29(27,28)18-8-6-17(21)7-9-18/h3-10H,11-14H2,1-2H3. The third kappa shape index (κ3) is 3.82. The highest BCUT2D eigenvalue weighted by atomic mass is 79.9. The zero-order chi connectivity index (χ0) is 20.6. The van der Waals surface area contributed by atoms with Gasteiger partial charge in [-0.1, -0.05) is 22.0 Å². The first kappa shape index (κ1) is 20.1. The Balaban J connectivity index is 1.53. The normalized spacial score (nSPS) is 15.6. The van der Waals surface area contributed by atoms with Crippen LogP contribution in [0.15, 0.2) is 58.0 Å². The second-order valence-electron chi connectivity index (χ2n) is 6.96. The summed E-state index contributed by atoms with van der Waals surface area (Å²) in [5.74, 6) is 0.774. The van der Waals surface area contributed by atoms with E-state index in [4.69, 9.17) is 0 Å². The summed E-state index contributed by atoms with van der Waals surface area (Å²) < 4.78 is 30.1. The van der Waals surface area contributed by atoms with Gasteiger partial charge in [-0.25, -0.2) is 18.1 Å². The first-order valence-corrected chi connectivity index (χ1v) is 11.6. The Kier molecular flexibility index (Phi) is 5.46. The lowest BCUT2D eigenvalue weighted by Crippen LogP contribution is -2.49. The molecule has 1 saturated heterocycles. The van der Waals surface area contributed by atoms with Gasteiger partial charge in [0, 0.05) is 36.8 Å². The van der Waals surface area contributed by atoms with Gasteiger partial charge >= 0.3 is 0 Å². The monoisotopic (exact) mass is 475 g/mol. The first-order chi connectivity index (χ1) is 13.9. The second kappa shape index (κ2) is 7.89. The van der Waals surface area contributed by atoms with Gasteiger partial charge in [0.2, 0.25) is 10.0 Å². The quantitative estimate of drug-likeness (QED) is 0.579. The third-order valence-electron chi connectivity index (χ3n) is 5.13. The van der Waals surface area contributed by atoms with Gasteiger partial charge in [-0.15, -0.1) is 0 Å². The van der Waals surface area contributed by atoms with Crippen LogP contribution < -0.4 is 4.90 Å². The van der Waals surface area contributed by atoms with Crippen molar-refractivity contribution in [2.24, 2.45) is 0 Å². The van der Waals surface area contributed by atoms with Gasteiger partial charge in [-0.05, 0) is 50.2 Å². The van der Waals surface area contributed by atoms with Crippen molar-refractivity contribution in [2.45, 2.75) is 18.7 Å². The molecular weight excluding hydrogens is 454 g/mol. The molecule has 0 atom stereocenters. The summed E-state index contributed by atoms with van der Waals surface area (Å²) in [5, 5.41) is 4.66. The van der Waals surface area contributed by atoms with Crippen molar-refractivity contribution >= 4 is 31.6 Å². The molecule has 3 heterocycles. The Morgan fingerprint density at radius 1 is 0.966 bits per heavy atom. The predicted octanol–water partition coefficient (Wildman–Crippen LogP) is 3.16. The van der Waals surface area contributed by atoms with Crippen LogP contribution in [0.1, 0.15) is 11.4 Å². The van der Waals surface area contributed by atoms with Gasteiger partial charge in [0.05, 0.1) is 22.0 Å². The number of aromatic nitrogens is 3. The highest BCUT2D eigenvalue weighted by molar-refractivity contribution is 9.10. The number of aryl methyl sites for hydroxylation is 1. The summed E-state index contributed by atoms with van der Waals surface area (Å²) in [6.45, 7) is 6.11. The van der Waals surface area contributed by atoms with Crippen molar-refractivity contribution in [1.29, 1.82) is 0 Å². The van der Waals surface area contributed by atoms with Crippen molar-refractivity contribution < 1.29 is 8.42 Å². The number of pyridine rings is 1. The Bertz CT molecular complexity index is 1110. The third-order valence-corrected chi connectivity index (χ3v) is 7.57. The van der Waals surface area contributed by atoms with Gasteiger partial charge < -0.3 is 4.90 Å². The fourth-order valence-corrected chi connectivity index (χ4v) is 5.39. The number of benzene rings is 1. The minimum Gasteiger partial charge on any atom is -0.366 e. The summed E-state index contributed by atoms with van der Waals surface area (Å²) in [5.41, 5.74) is 2.97. The molecule has 3 aromatic rings.